The van der Waals surface area contributed by atoms with Gasteiger partial charge in [0.2, 0.25) is 5.91 Å². The lowest BCUT2D eigenvalue weighted by molar-refractivity contribution is -0.131. The van der Waals surface area contributed by atoms with Crippen LogP contribution in [0.3, 0.4) is 0 Å². The molecule has 0 fully saturated rings. The molecule has 1 aliphatic heterocycles. The number of carbonyl (C=O) groups excluding carboxylic acids is 2. The zero-order chi connectivity index (χ0) is 21.6. The van der Waals surface area contributed by atoms with Crippen LogP contribution in [0.2, 0.25) is 0 Å². The Morgan fingerprint density at radius 2 is 1.74 bits per heavy atom. The summed E-state index contributed by atoms with van der Waals surface area (Å²) in [5.74, 6) is 1.28. The van der Waals surface area contributed by atoms with Gasteiger partial charge in [-0.25, -0.2) is 0 Å². The van der Waals surface area contributed by atoms with Gasteiger partial charge in [0.25, 0.3) is 5.91 Å². The van der Waals surface area contributed by atoms with Crippen LogP contribution in [0.4, 0.5) is 0 Å². The lowest BCUT2D eigenvalue weighted by Gasteiger charge is -2.28. The van der Waals surface area contributed by atoms with E-state index in [2.05, 4.69) is 11.4 Å². The number of ether oxygens (including phenoxy) is 2. The molecule has 3 aromatic rings. The number of hydrogen-bond donors (Lipinski definition) is 1. The third-order valence-electron chi connectivity index (χ3n) is 5.21. The van der Waals surface area contributed by atoms with Gasteiger partial charge in [-0.1, -0.05) is 36.4 Å². The first-order valence-electron chi connectivity index (χ1n) is 10.1. The number of methoxy groups -OCH3 is 1. The van der Waals surface area contributed by atoms with Crippen LogP contribution in [0, 0.1) is 0 Å². The van der Waals surface area contributed by atoms with E-state index in [1.807, 2.05) is 30.3 Å². The standard InChI is InChI=1S/C24H24N2O5/c1-29-20-8-4-5-9-21(20)30-16-19-10-11-22(31-19)24(28)25-14-23(27)26-13-12-17-6-2-3-7-18(17)15-26/h2-11H,12-16H2,1H3,(H,25,28). The number of para-hydroxylation sites is 2. The fourth-order valence-electron chi connectivity index (χ4n) is 3.53. The third kappa shape index (κ3) is 4.88. The van der Waals surface area contributed by atoms with Crippen LogP contribution < -0.4 is 14.8 Å². The molecule has 0 atom stereocenters. The van der Waals surface area contributed by atoms with E-state index in [1.54, 1.807) is 36.3 Å². The number of rotatable bonds is 7. The maximum absolute atomic E-state index is 12.5. The molecule has 0 saturated carbocycles. The molecular weight excluding hydrogens is 396 g/mol. The minimum Gasteiger partial charge on any atom is -0.493 e. The molecule has 1 aliphatic rings. The number of nitrogens with zero attached hydrogens (tertiary/aromatic N) is 1. The highest BCUT2D eigenvalue weighted by Gasteiger charge is 2.21. The van der Waals surface area contributed by atoms with Gasteiger partial charge < -0.3 is 24.1 Å². The summed E-state index contributed by atoms with van der Waals surface area (Å²) in [5.41, 5.74) is 2.42. The maximum Gasteiger partial charge on any atom is 0.287 e. The lowest BCUT2D eigenvalue weighted by Crippen LogP contribution is -2.42. The first kappa shape index (κ1) is 20.5. The van der Waals surface area contributed by atoms with Crippen molar-refractivity contribution in [3.8, 4) is 11.5 Å². The second-order valence-corrected chi connectivity index (χ2v) is 7.22. The van der Waals surface area contributed by atoms with Gasteiger partial charge in [0.05, 0.1) is 13.7 Å². The summed E-state index contributed by atoms with van der Waals surface area (Å²) in [6, 6.07) is 18.6. The number of carbonyl (C=O) groups is 2. The smallest absolute Gasteiger partial charge is 0.287 e. The molecule has 2 heterocycles. The van der Waals surface area contributed by atoms with Crippen molar-refractivity contribution < 1.29 is 23.5 Å². The summed E-state index contributed by atoms with van der Waals surface area (Å²) < 4.78 is 16.5. The van der Waals surface area contributed by atoms with E-state index in [1.165, 1.54) is 5.56 Å². The van der Waals surface area contributed by atoms with Gasteiger partial charge in [-0.3, -0.25) is 9.59 Å². The summed E-state index contributed by atoms with van der Waals surface area (Å²) in [6.07, 6.45) is 0.823. The van der Waals surface area contributed by atoms with E-state index in [9.17, 15) is 9.59 Å². The van der Waals surface area contributed by atoms with Crippen molar-refractivity contribution in [2.24, 2.45) is 0 Å². The number of nitrogens with one attached hydrogen (secondary N) is 1. The largest absolute Gasteiger partial charge is 0.493 e. The molecule has 31 heavy (non-hydrogen) atoms. The number of amides is 2. The molecule has 0 bridgehead atoms. The van der Waals surface area contributed by atoms with E-state index in [0.29, 0.717) is 30.3 Å². The Bertz CT molecular complexity index is 1080. The highest BCUT2D eigenvalue weighted by molar-refractivity contribution is 5.94. The minimum atomic E-state index is -0.436. The van der Waals surface area contributed by atoms with Crippen molar-refractivity contribution >= 4 is 11.8 Å². The highest BCUT2D eigenvalue weighted by Crippen LogP contribution is 2.26. The Hall–Kier alpha value is -3.74. The number of benzene rings is 2. The molecule has 0 unspecified atom stereocenters. The molecular formula is C24H24N2O5. The first-order chi connectivity index (χ1) is 15.1. The van der Waals surface area contributed by atoms with Gasteiger partial charge >= 0.3 is 0 Å². The summed E-state index contributed by atoms with van der Waals surface area (Å²) >= 11 is 0. The second kappa shape index (κ2) is 9.38. The van der Waals surface area contributed by atoms with E-state index in [-0.39, 0.29) is 24.8 Å². The predicted octanol–water partition coefficient (Wildman–Crippen LogP) is 3.18. The van der Waals surface area contributed by atoms with E-state index in [4.69, 9.17) is 13.9 Å². The van der Waals surface area contributed by atoms with Crippen LogP contribution in [0.5, 0.6) is 11.5 Å². The van der Waals surface area contributed by atoms with E-state index in [0.717, 1.165) is 12.0 Å². The molecule has 2 aromatic carbocycles. The van der Waals surface area contributed by atoms with Crippen LogP contribution in [0.25, 0.3) is 0 Å². The molecule has 0 radical (unpaired) electrons. The molecule has 0 spiro atoms. The number of fused-ring (bicyclic) bond motifs is 1. The van der Waals surface area contributed by atoms with Gasteiger partial charge in [0.1, 0.15) is 12.4 Å². The molecule has 2 amide bonds. The fourth-order valence-corrected chi connectivity index (χ4v) is 3.53. The first-order valence-corrected chi connectivity index (χ1v) is 10.1. The summed E-state index contributed by atoms with van der Waals surface area (Å²) in [5, 5.41) is 2.64. The Balaban J connectivity index is 1.28. The van der Waals surface area contributed by atoms with Crippen LogP contribution >= 0.6 is 0 Å². The lowest BCUT2D eigenvalue weighted by atomic mass is 10.00. The van der Waals surface area contributed by atoms with Crippen LogP contribution in [0.15, 0.2) is 65.1 Å². The Morgan fingerprint density at radius 3 is 2.55 bits per heavy atom. The average Bonchev–Trinajstić information content (AvgIpc) is 3.30. The van der Waals surface area contributed by atoms with Gasteiger partial charge in [0, 0.05) is 13.1 Å². The summed E-state index contributed by atoms with van der Waals surface area (Å²) in [4.78, 5) is 26.7. The number of furan rings is 1. The predicted molar refractivity (Wildman–Crippen MR) is 114 cm³/mol. The second-order valence-electron chi connectivity index (χ2n) is 7.22. The molecule has 1 N–H and O–H groups in total. The van der Waals surface area contributed by atoms with Crippen molar-refractivity contribution in [1.82, 2.24) is 10.2 Å². The minimum absolute atomic E-state index is 0.0747. The molecule has 4 rings (SSSR count). The van der Waals surface area contributed by atoms with E-state index < -0.39 is 5.91 Å². The van der Waals surface area contributed by atoms with Crippen LogP contribution in [-0.4, -0.2) is 36.9 Å². The van der Waals surface area contributed by atoms with Gasteiger partial charge in [-0.2, -0.15) is 0 Å². The zero-order valence-corrected chi connectivity index (χ0v) is 17.3. The fraction of sp³-hybridized carbons (Fsp3) is 0.250. The number of hydrogen-bond acceptors (Lipinski definition) is 5. The third-order valence-corrected chi connectivity index (χ3v) is 5.21. The normalized spacial score (nSPS) is 12.7. The molecule has 0 aliphatic carbocycles. The Morgan fingerprint density at radius 1 is 1.00 bits per heavy atom. The zero-order valence-electron chi connectivity index (χ0n) is 17.3. The monoisotopic (exact) mass is 420 g/mol. The van der Waals surface area contributed by atoms with E-state index >= 15 is 0 Å². The molecule has 1 aromatic heterocycles. The summed E-state index contributed by atoms with van der Waals surface area (Å²) in [6.45, 7) is 1.29. The topological polar surface area (TPSA) is 81.0 Å². The Labute approximate surface area is 180 Å². The van der Waals surface area contributed by atoms with Gasteiger partial charge in [-0.05, 0) is 41.8 Å². The van der Waals surface area contributed by atoms with Crippen molar-refractivity contribution in [1.29, 1.82) is 0 Å². The highest BCUT2D eigenvalue weighted by atomic mass is 16.5. The summed E-state index contributed by atoms with van der Waals surface area (Å²) in [7, 11) is 1.57. The van der Waals surface area contributed by atoms with Crippen molar-refractivity contribution in [3.05, 3.63) is 83.3 Å². The van der Waals surface area contributed by atoms with Gasteiger partial charge in [0.15, 0.2) is 17.3 Å². The van der Waals surface area contributed by atoms with Gasteiger partial charge in [-0.15, -0.1) is 0 Å². The van der Waals surface area contributed by atoms with Crippen molar-refractivity contribution in [2.75, 3.05) is 20.2 Å². The molecule has 160 valence electrons. The van der Waals surface area contributed by atoms with Crippen LogP contribution in [-0.2, 0) is 24.4 Å². The molecule has 0 saturated heterocycles. The van der Waals surface area contributed by atoms with Crippen molar-refractivity contribution in [2.45, 2.75) is 19.6 Å². The SMILES string of the molecule is COc1ccccc1OCc1ccc(C(=O)NCC(=O)N2CCc3ccccc3C2)o1. The van der Waals surface area contributed by atoms with Crippen molar-refractivity contribution in [3.63, 3.8) is 0 Å². The average molecular weight is 420 g/mol. The maximum atomic E-state index is 12.5. The molecule has 7 nitrogen and oxygen atoms in total. The van der Waals surface area contributed by atoms with Crippen LogP contribution in [0.1, 0.15) is 27.4 Å². The Kier molecular flexibility index (Phi) is 6.21. The quantitative estimate of drug-likeness (QED) is 0.635. The molecule has 7 heteroatoms.